The van der Waals surface area contributed by atoms with Crippen LogP contribution in [0.15, 0.2) is 58.6 Å². The summed E-state index contributed by atoms with van der Waals surface area (Å²) in [6, 6.07) is 9.98. The first-order chi connectivity index (χ1) is 15.0. The van der Waals surface area contributed by atoms with Crippen molar-refractivity contribution in [2.75, 3.05) is 18.2 Å². The first-order valence-corrected chi connectivity index (χ1v) is 9.93. The molecule has 0 atom stereocenters. The molecule has 0 unspecified atom stereocenters. The summed E-state index contributed by atoms with van der Waals surface area (Å²) < 4.78 is 33.5. The Bertz CT molecular complexity index is 1340. The SMILES string of the molecule is COc1ccccc1NC(=O)CSc1nc2[nH]ncc2c(=O)n1-c1ccc(F)c(F)c1. The van der Waals surface area contributed by atoms with Gasteiger partial charge < -0.3 is 10.1 Å². The summed E-state index contributed by atoms with van der Waals surface area (Å²) in [6.45, 7) is 0. The lowest BCUT2D eigenvalue weighted by Crippen LogP contribution is -2.23. The number of aromatic nitrogens is 4. The highest BCUT2D eigenvalue weighted by Gasteiger charge is 2.17. The molecule has 11 heteroatoms. The molecule has 1 amide bonds. The Morgan fingerprint density at radius 1 is 1.23 bits per heavy atom. The maximum absolute atomic E-state index is 13.8. The van der Waals surface area contributed by atoms with Gasteiger partial charge in [-0.15, -0.1) is 0 Å². The summed E-state index contributed by atoms with van der Waals surface area (Å²) in [5.41, 5.74) is 0.256. The number of hydrogen-bond acceptors (Lipinski definition) is 6. The van der Waals surface area contributed by atoms with Crippen molar-refractivity contribution < 1.29 is 18.3 Å². The third-order valence-electron chi connectivity index (χ3n) is 4.33. The second-order valence-electron chi connectivity index (χ2n) is 6.30. The number of halogens is 2. The number of benzene rings is 2. The van der Waals surface area contributed by atoms with E-state index in [-0.39, 0.29) is 33.5 Å². The number of carbonyl (C=O) groups excluding carboxylic acids is 1. The third kappa shape index (κ3) is 4.12. The number of anilines is 1. The topological polar surface area (TPSA) is 102 Å². The van der Waals surface area contributed by atoms with Crippen molar-refractivity contribution in [2.45, 2.75) is 5.16 Å². The third-order valence-corrected chi connectivity index (χ3v) is 5.26. The smallest absolute Gasteiger partial charge is 0.269 e. The fourth-order valence-electron chi connectivity index (χ4n) is 2.89. The Balaban J connectivity index is 1.66. The molecule has 0 saturated carbocycles. The molecule has 4 aromatic rings. The molecule has 2 heterocycles. The van der Waals surface area contributed by atoms with E-state index in [4.69, 9.17) is 4.74 Å². The second-order valence-corrected chi connectivity index (χ2v) is 7.25. The number of carbonyl (C=O) groups is 1. The lowest BCUT2D eigenvalue weighted by Gasteiger charge is -2.13. The van der Waals surface area contributed by atoms with Crippen molar-refractivity contribution in [3.8, 4) is 11.4 Å². The van der Waals surface area contributed by atoms with Gasteiger partial charge in [0.2, 0.25) is 5.91 Å². The van der Waals surface area contributed by atoms with Crippen LogP contribution in [0.4, 0.5) is 14.5 Å². The highest BCUT2D eigenvalue weighted by atomic mass is 32.2. The minimum atomic E-state index is -1.11. The Hall–Kier alpha value is -3.73. The van der Waals surface area contributed by atoms with Crippen LogP contribution in [0, 0.1) is 11.6 Å². The summed E-state index contributed by atoms with van der Waals surface area (Å²) >= 11 is 0.960. The molecule has 2 aromatic heterocycles. The zero-order chi connectivity index (χ0) is 22.0. The number of nitrogens with one attached hydrogen (secondary N) is 2. The summed E-state index contributed by atoms with van der Waals surface area (Å²) in [7, 11) is 1.49. The Morgan fingerprint density at radius 3 is 2.81 bits per heavy atom. The minimum Gasteiger partial charge on any atom is -0.495 e. The first kappa shape index (κ1) is 20.5. The van der Waals surface area contributed by atoms with E-state index < -0.39 is 17.2 Å². The molecule has 4 rings (SSSR count). The monoisotopic (exact) mass is 443 g/mol. The van der Waals surface area contributed by atoms with Crippen molar-refractivity contribution >= 4 is 34.4 Å². The van der Waals surface area contributed by atoms with E-state index in [1.54, 1.807) is 24.3 Å². The van der Waals surface area contributed by atoms with Crippen molar-refractivity contribution in [1.82, 2.24) is 19.7 Å². The summed E-state index contributed by atoms with van der Waals surface area (Å²) in [4.78, 5) is 29.7. The van der Waals surface area contributed by atoms with E-state index in [1.165, 1.54) is 19.4 Å². The molecule has 158 valence electrons. The first-order valence-electron chi connectivity index (χ1n) is 8.95. The molecule has 0 spiro atoms. The number of methoxy groups -OCH3 is 1. The molecule has 0 aliphatic rings. The minimum absolute atomic E-state index is 0.0761. The molecule has 31 heavy (non-hydrogen) atoms. The quantitative estimate of drug-likeness (QED) is 0.351. The van der Waals surface area contributed by atoms with Crippen LogP contribution in [0.5, 0.6) is 5.75 Å². The van der Waals surface area contributed by atoms with Gasteiger partial charge in [0.05, 0.1) is 30.4 Å². The van der Waals surface area contributed by atoms with Gasteiger partial charge in [-0.05, 0) is 24.3 Å². The number of fused-ring (bicyclic) bond motifs is 1. The lowest BCUT2D eigenvalue weighted by atomic mass is 10.3. The van der Waals surface area contributed by atoms with Gasteiger partial charge in [-0.3, -0.25) is 19.3 Å². The van der Waals surface area contributed by atoms with Crippen LogP contribution < -0.4 is 15.6 Å². The van der Waals surface area contributed by atoms with Crippen LogP contribution >= 0.6 is 11.8 Å². The van der Waals surface area contributed by atoms with Crippen LogP contribution in [0.1, 0.15) is 0 Å². The highest BCUT2D eigenvalue weighted by molar-refractivity contribution is 7.99. The average molecular weight is 443 g/mol. The van der Waals surface area contributed by atoms with Crippen LogP contribution in [-0.4, -0.2) is 38.5 Å². The molecular formula is C20H15F2N5O3S. The van der Waals surface area contributed by atoms with E-state index in [1.807, 2.05) is 0 Å². The number of rotatable bonds is 6. The molecule has 8 nitrogen and oxygen atoms in total. The van der Waals surface area contributed by atoms with Crippen LogP contribution in [-0.2, 0) is 4.79 Å². The van der Waals surface area contributed by atoms with Gasteiger partial charge in [0.25, 0.3) is 5.56 Å². The zero-order valence-corrected chi connectivity index (χ0v) is 16.9. The molecule has 0 saturated heterocycles. The van der Waals surface area contributed by atoms with Gasteiger partial charge in [0, 0.05) is 6.07 Å². The van der Waals surface area contributed by atoms with Crippen LogP contribution in [0.25, 0.3) is 16.7 Å². The maximum Gasteiger partial charge on any atom is 0.269 e. The van der Waals surface area contributed by atoms with Crippen LogP contribution in [0.2, 0.25) is 0 Å². The van der Waals surface area contributed by atoms with Gasteiger partial charge in [0.1, 0.15) is 11.1 Å². The van der Waals surface area contributed by atoms with E-state index in [9.17, 15) is 18.4 Å². The van der Waals surface area contributed by atoms with Crippen molar-refractivity contribution in [3.05, 3.63) is 70.6 Å². The van der Waals surface area contributed by atoms with E-state index in [0.29, 0.717) is 11.4 Å². The van der Waals surface area contributed by atoms with Gasteiger partial charge in [-0.1, -0.05) is 23.9 Å². The summed E-state index contributed by atoms with van der Waals surface area (Å²) in [5.74, 6) is -2.13. The van der Waals surface area contributed by atoms with E-state index in [2.05, 4.69) is 20.5 Å². The van der Waals surface area contributed by atoms with Gasteiger partial charge in [-0.2, -0.15) is 5.10 Å². The molecule has 0 aliphatic carbocycles. The van der Waals surface area contributed by atoms with Crippen molar-refractivity contribution in [3.63, 3.8) is 0 Å². The van der Waals surface area contributed by atoms with E-state index in [0.717, 1.165) is 28.5 Å². The van der Waals surface area contributed by atoms with Gasteiger partial charge in [-0.25, -0.2) is 13.8 Å². The average Bonchev–Trinajstić information content (AvgIpc) is 3.24. The highest BCUT2D eigenvalue weighted by Crippen LogP contribution is 2.25. The number of amides is 1. The molecule has 0 fully saturated rings. The standard InChI is InChI=1S/C20H15F2N5O3S/c1-30-16-5-3-2-4-15(16)24-17(28)10-31-20-25-18-12(9-23-26-18)19(29)27(20)11-6-7-13(21)14(22)8-11/h2-9H,10H2,1H3,(H,23,26)(H,24,28). The molecular weight excluding hydrogens is 428 g/mol. The lowest BCUT2D eigenvalue weighted by molar-refractivity contribution is -0.113. The molecule has 0 bridgehead atoms. The van der Waals surface area contributed by atoms with Gasteiger partial charge in [0.15, 0.2) is 22.4 Å². The normalized spacial score (nSPS) is 10.9. The number of hydrogen-bond donors (Lipinski definition) is 2. The largest absolute Gasteiger partial charge is 0.495 e. The maximum atomic E-state index is 13.8. The number of aromatic amines is 1. The van der Waals surface area contributed by atoms with Crippen molar-refractivity contribution in [1.29, 1.82) is 0 Å². The molecule has 2 N–H and O–H groups in total. The molecule has 0 radical (unpaired) electrons. The van der Waals surface area contributed by atoms with Crippen molar-refractivity contribution in [2.24, 2.45) is 0 Å². The molecule has 2 aromatic carbocycles. The zero-order valence-electron chi connectivity index (χ0n) is 16.1. The fraction of sp³-hybridized carbons (Fsp3) is 0.100. The molecule has 0 aliphatic heterocycles. The summed E-state index contributed by atoms with van der Waals surface area (Å²) in [6.07, 6.45) is 1.30. The Labute approximate surface area is 178 Å². The number of nitrogens with zero attached hydrogens (tertiary/aromatic N) is 3. The van der Waals surface area contributed by atoms with Gasteiger partial charge >= 0.3 is 0 Å². The Kier molecular flexibility index (Phi) is 5.67. The van der Waals surface area contributed by atoms with Crippen LogP contribution in [0.3, 0.4) is 0 Å². The predicted octanol–water partition coefficient (Wildman–Crippen LogP) is 3.13. The van der Waals surface area contributed by atoms with E-state index >= 15 is 0 Å². The predicted molar refractivity (Wildman–Crippen MR) is 112 cm³/mol. The second kappa shape index (κ2) is 8.56. The number of ether oxygens (including phenoxy) is 1. The fourth-order valence-corrected chi connectivity index (χ4v) is 3.69. The summed E-state index contributed by atoms with van der Waals surface area (Å²) in [5, 5.41) is 9.42. The number of H-pyrrole nitrogens is 1. The number of thioether (sulfide) groups is 1. The number of para-hydroxylation sites is 2. The Morgan fingerprint density at radius 2 is 2.03 bits per heavy atom.